The first-order chi connectivity index (χ1) is 11.7. The van der Waals surface area contributed by atoms with E-state index in [9.17, 15) is 4.79 Å². The van der Waals surface area contributed by atoms with Gasteiger partial charge in [0.05, 0.1) is 17.8 Å². The van der Waals surface area contributed by atoms with Crippen LogP contribution in [0, 0.1) is 0 Å². The van der Waals surface area contributed by atoms with E-state index in [0.717, 1.165) is 59.6 Å². The Kier molecular flexibility index (Phi) is 3.94. The number of H-pyrrole nitrogens is 1. The van der Waals surface area contributed by atoms with Gasteiger partial charge in [0.1, 0.15) is 17.2 Å². The van der Waals surface area contributed by atoms with E-state index >= 15 is 0 Å². The van der Waals surface area contributed by atoms with Crippen molar-refractivity contribution in [3.8, 4) is 0 Å². The Morgan fingerprint density at radius 3 is 3.04 bits per heavy atom. The Morgan fingerprint density at radius 2 is 2.21 bits per heavy atom. The fourth-order valence-corrected chi connectivity index (χ4v) is 3.36. The van der Waals surface area contributed by atoms with Crippen LogP contribution in [0.25, 0.3) is 11.0 Å². The molecule has 0 saturated heterocycles. The van der Waals surface area contributed by atoms with Crippen LogP contribution in [0.15, 0.2) is 39.5 Å². The standard InChI is InChI=1S/C19H21N3O2/c1-2-5-18-20-16-8-9-22(12-15(16)19(23)21-18)11-14-10-13-6-3-4-7-17(13)24-14/h3-4,6-7,10H,2,5,8-9,11-12H2,1H3,(H,20,21,23). The van der Waals surface area contributed by atoms with Gasteiger partial charge in [-0.1, -0.05) is 25.1 Å². The summed E-state index contributed by atoms with van der Waals surface area (Å²) in [7, 11) is 0. The molecule has 124 valence electrons. The molecule has 0 unspecified atom stereocenters. The second-order valence-electron chi connectivity index (χ2n) is 6.40. The van der Waals surface area contributed by atoms with Crippen molar-refractivity contribution in [2.75, 3.05) is 6.54 Å². The lowest BCUT2D eigenvalue weighted by Gasteiger charge is -2.26. The van der Waals surface area contributed by atoms with Crippen molar-refractivity contribution in [2.45, 2.75) is 39.3 Å². The summed E-state index contributed by atoms with van der Waals surface area (Å²) in [6.45, 7) is 4.33. The van der Waals surface area contributed by atoms with Gasteiger partial charge >= 0.3 is 0 Å². The molecule has 5 heteroatoms. The Hall–Kier alpha value is -2.40. The third-order valence-electron chi connectivity index (χ3n) is 4.54. The van der Waals surface area contributed by atoms with Crippen molar-refractivity contribution in [2.24, 2.45) is 0 Å². The lowest BCUT2D eigenvalue weighted by atomic mass is 10.1. The van der Waals surface area contributed by atoms with E-state index in [0.29, 0.717) is 13.1 Å². The summed E-state index contributed by atoms with van der Waals surface area (Å²) in [5.41, 5.74) is 2.69. The second kappa shape index (κ2) is 6.24. The third-order valence-corrected chi connectivity index (χ3v) is 4.54. The van der Waals surface area contributed by atoms with Gasteiger partial charge in [0.2, 0.25) is 0 Å². The van der Waals surface area contributed by atoms with Crippen LogP contribution in [-0.4, -0.2) is 21.4 Å². The molecular formula is C19H21N3O2. The van der Waals surface area contributed by atoms with Gasteiger partial charge in [-0.15, -0.1) is 0 Å². The average Bonchev–Trinajstić information content (AvgIpc) is 2.98. The quantitative estimate of drug-likeness (QED) is 0.801. The van der Waals surface area contributed by atoms with Crippen molar-refractivity contribution < 1.29 is 4.42 Å². The fourth-order valence-electron chi connectivity index (χ4n) is 3.36. The number of aromatic nitrogens is 2. The SMILES string of the molecule is CCCc1nc2c(c(=O)[nH]1)CN(Cc1cc3ccccc3o1)CC2. The van der Waals surface area contributed by atoms with Gasteiger partial charge in [0.25, 0.3) is 5.56 Å². The van der Waals surface area contributed by atoms with Gasteiger partial charge in [-0.2, -0.15) is 0 Å². The molecule has 0 atom stereocenters. The first-order valence-electron chi connectivity index (χ1n) is 8.53. The molecule has 24 heavy (non-hydrogen) atoms. The van der Waals surface area contributed by atoms with Crippen LogP contribution < -0.4 is 5.56 Å². The Morgan fingerprint density at radius 1 is 1.33 bits per heavy atom. The molecule has 1 aromatic carbocycles. The maximum absolute atomic E-state index is 12.4. The van der Waals surface area contributed by atoms with Crippen LogP contribution >= 0.6 is 0 Å². The number of nitrogens with zero attached hydrogens (tertiary/aromatic N) is 2. The molecule has 4 rings (SSSR count). The van der Waals surface area contributed by atoms with Crippen molar-refractivity contribution in [1.29, 1.82) is 0 Å². The predicted octanol–water partition coefficient (Wildman–Crippen LogP) is 3.03. The molecule has 1 aliphatic heterocycles. The minimum atomic E-state index is 0.0118. The summed E-state index contributed by atoms with van der Waals surface area (Å²) in [4.78, 5) is 22.2. The Labute approximate surface area is 140 Å². The number of nitrogens with one attached hydrogen (secondary N) is 1. The fraction of sp³-hybridized carbons (Fsp3) is 0.368. The number of fused-ring (bicyclic) bond motifs is 2. The van der Waals surface area contributed by atoms with E-state index in [4.69, 9.17) is 4.42 Å². The van der Waals surface area contributed by atoms with E-state index in [1.807, 2.05) is 18.2 Å². The molecule has 5 nitrogen and oxygen atoms in total. The van der Waals surface area contributed by atoms with Crippen molar-refractivity contribution in [1.82, 2.24) is 14.9 Å². The molecule has 3 aromatic rings. The minimum Gasteiger partial charge on any atom is -0.460 e. The van der Waals surface area contributed by atoms with Crippen LogP contribution in [0.5, 0.6) is 0 Å². The zero-order valence-corrected chi connectivity index (χ0v) is 13.8. The number of aryl methyl sites for hydroxylation is 1. The highest BCUT2D eigenvalue weighted by molar-refractivity contribution is 5.77. The zero-order chi connectivity index (χ0) is 16.5. The third kappa shape index (κ3) is 2.87. The van der Waals surface area contributed by atoms with Gasteiger partial charge in [0.15, 0.2) is 0 Å². The molecule has 1 N–H and O–H groups in total. The van der Waals surface area contributed by atoms with Crippen LogP contribution in [0.1, 0.15) is 36.2 Å². The van der Waals surface area contributed by atoms with E-state index in [1.54, 1.807) is 0 Å². The van der Waals surface area contributed by atoms with Crippen molar-refractivity contribution in [3.05, 3.63) is 63.5 Å². The molecule has 0 spiro atoms. The predicted molar refractivity (Wildman–Crippen MR) is 92.9 cm³/mol. The maximum Gasteiger partial charge on any atom is 0.255 e. The molecule has 0 aliphatic carbocycles. The molecule has 0 fully saturated rings. The summed E-state index contributed by atoms with van der Waals surface area (Å²) in [5, 5.41) is 1.12. The van der Waals surface area contributed by atoms with E-state index in [-0.39, 0.29) is 5.56 Å². The minimum absolute atomic E-state index is 0.0118. The molecule has 0 saturated carbocycles. The van der Waals surface area contributed by atoms with E-state index < -0.39 is 0 Å². The molecule has 1 aliphatic rings. The summed E-state index contributed by atoms with van der Waals surface area (Å²) >= 11 is 0. The second-order valence-corrected chi connectivity index (χ2v) is 6.40. The monoisotopic (exact) mass is 323 g/mol. The largest absolute Gasteiger partial charge is 0.460 e. The van der Waals surface area contributed by atoms with Gasteiger partial charge in [-0.05, 0) is 18.6 Å². The van der Waals surface area contributed by atoms with Crippen LogP contribution in [0.4, 0.5) is 0 Å². The van der Waals surface area contributed by atoms with Crippen LogP contribution in [0.3, 0.4) is 0 Å². The summed E-state index contributed by atoms with van der Waals surface area (Å²) in [6, 6.07) is 10.1. The lowest BCUT2D eigenvalue weighted by molar-refractivity contribution is 0.224. The van der Waals surface area contributed by atoms with Gasteiger partial charge in [-0.3, -0.25) is 9.69 Å². The number of furan rings is 1. The molecule has 2 aromatic heterocycles. The Balaban J connectivity index is 1.54. The molecule has 0 amide bonds. The van der Waals surface area contributed by atoms with Crippen LogP contribution in [0.2, 0.25) is 0 Å². The highest BCUT2D eigenvalue weighted by Gasteiger charge is 2.22. The summed E-state index contributed by atoms with van der Waals surface area (Å²) in [5.74, 6) is 1.75. The van der Waals surface area contributed by atoms with Gasteiger partial charge in [0, 0.05) is 31.3 Å². The topological polar surface area (TPSA) is 62.1 Å². The van der Waals surface area contributed by atoms with E-state index in [2.05, 4.69) is 33.9 Å². The highest BCUT2D eigenvalue weighted by Crippen LogP contribution is 2.22. The van der Waals surface area contributed by atoms with Gasteiger partial charge < -0.3 is 9.40 Å². The molecule has 0 radical (unpaired) electrons. The first kappa shape index (κ1) is 15.1. The highest BCUT2D eigenvalue weighted by atomic mass is 16.3. The van der Waals surface area contributed by atoms with Crippen LogP contribution in [-0.2, 0) is 25.9 Å². The summed E-state index contributed by atoms with van der Waals surface area (Å²) < 4.78 is 5.90. The number of rotatable bonds is 4. The van der Waals surface area contributed by atoms with Crippen molar-refractivity contribution >= 4 is 11.0 Å². The molecular weight excluding hydrogens is 302 g/mol. The smallest absolute Gasteiger partial charge is 0.255 e. The molecule has 0 bridgehead atoms. The number of hydrogen-bond acceptors (Lipinski definition) is 4. The Bertz CT molecular complexity index is 893. The normalized spacial score (nSPS) is 14.9. The van der Waals surface area contributed by atoms with E-state index in [1.165, 1.54) is 0 Å². The number of aromatic amines is 1. The average molecular weight is 323 g/mol. The summed E-state index contributed by atoms with van der Waals surface area (Å²) in [6.07, 6.45) is 2.63. The number of benzene rings is 1. The maximum atomic E-state index is 12.4. The zero-order valence-electron chi connectivity index (χ0n) is 13.8. The lowest BCUT2D eigenvalue weighted by Crippen LogP contribution is -2.35. The number of hydrogen-bond donors (Lipinski definition) is 1. The molecule has 3 heterocycles. The number of para-hydroxylation sites is 1. The first-order valence-corrected chi connectivity index (χ1v) is 8.53. The van der Waals surface area contributed by atoms with Crippen molar-refractivity contribution in [3.63, 3.8) is 0 Å². The van der Waals surface area contributed by atoms with Gasteiger partial charge in [-0.25, -0.2) is 4.98 Å².